The van der Waals surface area contributed by atoms with Gasteiger partial charge in [0.1, 0.15) is 9.84 Å². The molecule has 1 rings (SSSR count). The third-order valence-electron chi connectivity index (χ3n) is 3.63. The highest BCUT2D eigenvalue weighted by Crippen LogP contribution is 2.27. The normalized spacial score (nSPS) is 21.1. The molecule has 0 saturated heterocycles. The number of sulfone groups is 1. The third-order valence-corrected chi connectivity index (χ3v) is 4.66. The Hall–Kier alpha value is -0.0900. The van der Waals surface area contributed by atoms with Crippen LogP contribution in [0.3, 0.4) is 0 Å². The van der Waals surface area contributed by atoms with Crippen LogP contribution in [0, 0.1) is 5.92 Å². The average molecular weight is 262 g/mol. The second-order valence-corrected chi connectivity index (χ2v) is 7.78. The van der Waals surface area contributed by atoms with Crippen LogP contribution in [0.1, 0.15) is 57.8 Å². The van der Waals surface area contributed by atoms with E-state index in [9.17, 15) is 13.5 Å². The Labute approximate surface area is 106 Å². The summed E-state index contributed by atoms with van der Waals surface area (Å²) in [6, 6.07) is 0. The van der Waals surface area contributed by atoms with Crippen LogP contribution in [0.15, 0.2) is 0 Å². The number of hydrogen-bond acceptors (Lipinski definition) is 3. The summed E-state index contributed by atoms with van der Waals surface area (Å²) in [5.74, 6) is 0.861. The van der Waals surface area contributed by atoms with Crippen LogP contribution < -0.4 is 0 Å². The molecule has 1 fully saturated rings. The van der Waals surface area contributed by atoms with E-state index in [-0.39, 0.29) is 11.9 Å². The van der Waals surface area contributed by atoms with Crippen molar-refractivity contribution in [3.8, 4) is 0 Å². The van der Waals surface area contributed by atoms with E-state index in [4.69, 9.17) is 0 Å². The lowest BCUT2D eigenvalue weighted by molar-refractivity contribution is 0.128. The van der Waals surface area contributed by atoms with Crippen molar-refractivity contribution in [2.75, 3.05) is 12.0 Å². The predicted octanol–water partition coefficient (Wildman–Crippen LogP) is 2.53. The lowest BCUT2D eigenvalue weighted by atomic mass is 9.92. The van der Waals surface area contributed by atoms with Gasteiger partial charge in [0.2, 0.25) is 0 Å². The van der Waals surface area contributed by atoms with Crippen molar-refractivity contribution in [2.45, 2.75) is 63.9 Å². The number of aliphatic hydroxyl groups excluding tert-OH is 1. The quantitative estimate of drug-likeness (QED) is 0.748. The lowest BCUT2D eigenvalue weighted by Gasteiger charge is -2.18. The molecule has 102 valence electrons. The molecule has 0 bridgehead atoms. The van der Waals surface area contributed by atoms with Crippen LogP contribution in [-0.4, -0.2) is 31.6 Å². The molecule has 1 atom stereocenters. The zero-order valence-corrected chi connectivity index (χ0v) is 11.7. The zero-order valence-electron chi connectivity index (χ0n) is 10.9. The van der Waals surface area contributed by atoms with E-state index in [0.717, 1.165) is 6.42 Å². The van der Waals surface area contributed by atoms with Gasteiger partial charge in [-0.3, -0.25) is 0 Å². The molecule has 3 nitrogen and oxygen atoms in total. The molecular formula is C13H26O3S. The predicted molar refractivity (Wildman–Crippen MR) is 70.8 cm³/mol. The standard InChI is InChI=1S/C13H26O3S/c1-17(15,16)10-6-9-13(14)11-12-7-4-2-3-5-8-12/h12-14H,2-11H2,1H3. The molecule has 0 amide bonds. The molecule has 4 heteroatoms. The van der Waals surface area contributed by atoms with Gasteiger partial charge in [-0.15, -0.1) is 0 Å². The van der Waals surface area contributed by atoms with Gasteiger partial charge in [0.05, 0.1) is 6.10 Å². The minimum Gasteiger partial charge on any atom is -0.393 e. The summed E-state index contributed by atoms with van der Waals surface area (Å²) in [5.41, 5.74) is 0. The molecule has 1 saturated carbocycles. The van der Waals surface area contributed by atoms with Crippen LogP contribution in [0.25, 0.3) is 0 Å². The van der Waals surface area contributed by atoms with Gasteiger partial charge < -0.3 is 5.11 Å². The van der Waals surface area contributed by atoms with E-state index in [2.05, 4.69) is 0 Å². The van der Waals surface area contributed by atoms with Gasteiger partial charge in [-0.2, -0.15) is 0 Å². The van der Waals surface area contributed by atoms with Crippen molar-refractivity contribution in [3.05, 3.63) is 0 Å². The fourth-order valence-corrected chi connectivity index (χ4v) is 3.37. The highest BCUT2D eigenvalue weighted by molar-refractivity contribution is 7.90. The second kappa shape index (κ2) is 7.37. The van der Waals surface area contributed by atoms with Crippen LogP contribution in [0.2, 0.25) is 0 Å². The van der Waals surface area contributed by atoms with Crippen LogP contribution in [-0.2, 0) is 9.84 Å². The first-order valence-corrected chi connectivity index (χ1v) is 8.89. The Balaban J connectivity index is 2.17. The summed E-state index contributed by atoms with van der Waals surface area (Å²) in [6.07, 6.45) is 10.8. The monoisotopic (exact) mass is 262 g/mol. The topological polar surface area (TPSA) is 54.4 Å². The highest BCUT2D eigenvalue weighted by atomic mass is 32.2. The van der Waals surface area contributed by atoms with E-state index in [0.29, 0.717) is 18.8 Å². The largest absolute Gasteiger partial charge is 0.393 e. The molecule has 1 aliphatic rings. The van der Waals surface area contributed by atoms with Crippen LogP contribution in [0.5, 0.6) is 0 Å². The maximum atomic E-state index is 11.0. The Bertz CT molecular complexity index is 290. The van der Waals surface area contributed by atoms with Crippen LogP contribution >= 0.6 is 0 Å². The van der Waals surface area contributed by atoms with E-state index >= 15 is 0 Å². The van der Waals surface area contributed by atoms with Gasteiger partial charge in [0.25, 0.3) is 0 Å². The molecule has 0 aromatic heterocycles. The summed E-state index contributed by atoms with van der Waals surface area (Å²) in [6.45, 7) is 0. The van der Waals surface area contributed by atoms with E-state index < -0.39 is 9.84 Å². The lowest BCUT2D eigenvalue weighted by Crippen LogP contribution is -2.15. The third kappa shape index (κ3) is 7.77. The van der Waals surface area contributed by atoms with Gasteiger partial charge in [0, 0.05) is 12.0 Å². The molecule has 1 N–H and O–H groups in total. The molecule has 0 aliphatic heterocycles. The van der Waals surface area contributed by atoms with Crippen molar-refractivity contribution < 1.29 is 13.5 Å². The van der Waals surface area contributed by atoms with Gasteiger partial charge in [0.15, 0.2) is 0 Å². The van der Waals surface area contributed by atoms with Gasteiger partial charge in [-0.25, -0.2) is 8.42 Å². The molecular weight excluding hydrogens is 236 g/mol. The molecule has 0 radical (unpaired) electrons. The minimum atomic E-state index is -2.87. The van der Waals surface area contributed by atoms with Crippen LogP contribution in [0.4, 0.5) is 0 Å². The Morgan fingerprint density at radius 2 is 1.76 bits per heavy atom. The van der Waals surface area contributed by atoms with Gasteiger partial charge in [-0.05, 0) is 25.2 Å². The summed E-state index contributed by atoms with van der Waals surface area (Å²) >= 11 is 0. The molecule has 0 heterocycles. The van der Waals surface area contributed by atoms with Crippen molar-refractivity contribution >= 4 is 9.84 Å². The molecule has 17 heavy (non-hydrogen) atoms. The summed E-state index contributed by atoms with van der Waals surface area (Å²) in [7, 11) is -2.87. The van der Waals surface area contributed by atoms with Gasteiger partial charge >= 0.3 is 0 Å². The minimum absolute atomic E-state index is 0.203. The first-order chi connectivity index (χ1) is 7.97. The highest BCUT2D eigenvalue weighted by Gasteiger charge is 2.16. The van der Waals surface area contributed by atoms with Crippen molar-refractivity contribution in [1.82, 2.24) is 0 Å². The second-order valence-electron chi connectivity index (χ2n) is 5.52. The zero-order chi connectivity index (χ0) is 12.7. The number of hydrogen-bond donors (Lipinski definition) is 1. The van der Waals surface area contributed by atoms with Crippen molar-refractivity contribution in [3.63, 3.8) is 0 Å². The Morgan fingerprint density at radius 1 is 1.18 bits per heavy atom. The Morgan fingerprint density at radius 3 is 2.29 bits per heavy atom. The smallest absolute Gasteiger partial charge is 0.147 e. The maximum Gasteiger partial charge on any atom is 0.147 e. The van der Waals surface area contributed by atoms with Gasteiger partial charge in [-0.1, -0.05) is 38.5 Å². The molecule has 0 spiro atoms. The summed E-state index contributed by atoms with van der Waals surface area (Å²) < 4.78 is 21.9. The summed E-state index contributed by atoms with van der Waals surface area (Å²) in [4.78, 5) is 0. The maximum absolute atomic E-state index is 11.0. The number of aliphatic hydroxyl groups is 1. The first-order valence-electron chi connectivity index (χ1n) is 6.83. The summed E-state index contributed by atoms with van der Waals surface area (Å²) in [5, 5.41) is 9.90. The molecule has 1 aliphatic carbocycles. The SMILES string of the molecule is CS(=O)(=O)CCCC(O)CC1CCCCCC1. The Kier molecular flexibility index (Phi) is 6.49. The molecule has 0 aromatic carbocycles. The van der Waals surface area contributed by atoms with E-state index in [1.54, 1.807) is 0 Å². The van der Waals surface area contributed by atoms with Crippen molar-refractivity contribution in [2.24, 2.45) is 5.92 Å². The fourth-order valence-electron chi connectivity index (χ4n) is 2.68. The average Bonchev–Trinajstić information content (AvgIpc) is 2.44. The van der Waals surface area contributed by atoms with Crippen molar-refractivity contribution in [1.29, 1.82) is 0 Å². The fraction of sp³-hybridized carbons (Fsp3) is 1.00. The first kappa shape index (κ1) is 15.0. The van der Waals surface area contributed by atoms with E-state index in [1.165, 1.54) is 44.8 Å². The number of rotatable bonds is 6. The van der Waals surface area contributed by atoms with E-state index in [1.807, 2.05) is 0 Å². The molecule has 1 unspecified atom stereocenters. The molecule has 0 aromatic rings.